The third-order valence-corrected chi connectivity index (χ3v) is 3.94. The molecule has 0 heterocycles. The van der Waals surface area contributed by atoms with E-state index in [4.69, 9.17) is 0 Å². The van der Waals surface area contributed by atoms with Crippen LogP contribution in [-0.2, 0) is 4.79 Å². The van der Waals surface area contributed by atoms with Crippen molar-refractivity contribution in [2.24, 2.45) is 0 Å². The van der Waals surface area contributed by atoms with Crippen molar-refractivity contribution in [1.29, 1.82) is 0 Å². The summed E-state index contributed by atoms with van der Waals surface area (Å²) < 4.78 is 25.5. The van der Waals surface area contributed by atoms with Crippen molar-refractivity contribution in [3.05, 3.63) is 65.7 Å². The monoisotopic (exact) mass is 323 g/mol. The molecule has 2 rings (SSSR count). The summed E-state index contributed by atoms with van der Waals surface area (Å²) in [6.07, 6.45) is -0.889. The second-order valence-electron chi connectivity index (χ2n) is 4.61. The molecule has 0 aliphatic heterocycles. The Bertz CT molecular complexity index is 617. The SMILES string of the molecule is O=C(CSc1ccc(F)cc1)NCC(O)c1ccc(F)cc1. The van der Waals surface area contributed by atoms with Crippen LogP contribution in [0.2, 0.25) is 0 Å². The van der Waals surface area contributed by atoms with Gasteiger partial charge in [0, 0.05) is 11.4 Å². The summed E-state index contributed by atoms with van der Waals surface area (Å²) in [5.41, 5.74) is 0.535. The molecule has 0 saturated carbocycles. The van der Waals surface area contributed by atoms with E-state index in [0.29, 0.717) is 5.56 Å². The highest BCUT2D eigenvalue weighted by atomic mass is 32.2. The number of hydrogen-bond acceptors (Lipinski definition) is 3. The van der Waals surface area contributed by atoms with Gasteiger partial charge < -0.3 is 10.4 Å². The van der Waals surface area contributed by atoms with Crippen molar-refractivity contribution in [1.82, 2.24) is 5.32 Å². The third kappa shape index (κ3) is 5.13. The van der Waals surface area contributed by atoms with E-state index in [-0.39, 0.29) is 29.8 Å². The second-order valence-corrected chi connectivity index (χ2v) is 5.66. The van der Waals surface area contributed by atoms with Crippen LogP contribution in [0.5, 0.6) is 0 Å². The molecule has 22 heavy (non-hydrogen) atoms. The first-order valence-corrected chi connectivity index (χ1v) is 7.62. The first kappa shape index (κ1) is 16.5. The average molecular weight is 323 g/mol. The molecule has 0 aliphatic carbocycles. The summed E-state index contributed by atoms with van der Waals surface area (Å²) in [6.45, 7) is 0.0500. The topological polar surface area (TPSA) is 49.3 Å². The number of thioether (sulfide) groups is 1. The van der Waals surface area contributed by atoms with E-state index in [1.807, 2.05) is 0 Å². The van der Waals surface area contributed by atoms with Gasteiger partial charge >= 0.3 is 0 Å². The van der Waals surface area contributed by atoms with Crippen molar-refractivity contribution in [3.8, 4) is 0 Å². The van der Waals surface area contributed by atoms with Crippen LogP contribution >= 0.6 is 11.8 Å². The molecule has 1 amide bonds. The Morgan fingerprint density at radius 2 is 1.59 bits per heavy atom. The zero-order valence-electron chi connectivity index (χ0n) is 11.6. The normalized spacial score (nSPS) is 12.0. The van der Waals surface area contributed by atoms with Gasteiger partial charge in [0.05, 0.1) is 11.9 Å². The van der Waals surface area contributed by atoms with E-state index in [0.717, 1.165) is 4.90 Å². The molecule has 6 heteroatoms. The molecule has 0 spiro atoms. The van der Waals surface area contributed by atoms with Crippen molar-refractivity contribution in [2.75, 3.05) is 12.3 Å². The predicted octanol–water partition coefficient (Wildman–Crippen LogP) is 2.91. The molecule has 2 N–H and O–H groups in total. The lowest BCUT2D eigenvalue weighted by atomic mass is 10.1. The van der Waals surface area contributed by atoms with Crippen LogP contribution in [0, 0.1) is 11.6 Å². The summed E-state index contributed by atoms with van der Waals surface area (Å²) >= 11 is 1.28. The number of benzene rings is 2. The van der Waals surface area contributed by atoms with Crippen LogP contribution in [0.1, 0.15) is 11.7 Å². The number of carbonyl (C=O) groups excluding carboxylic acids is 1. The maximum absolute atomic E-state index is 12.8. The van der Waals surface area contributed by atoms with Gasteiger partial charge in [-0.1, -0.05) is 12.1 Å². The number of nitrogens with one attached hydrogen (secondary N) is 1. The van der Waals surface area contributed by atoms with Crippen LogP contribution < -0.4 is 5.32 Å². The van der Waals surface area contributed by atoms with Gasteiger partial charge in [0.2, 0.25) is 5.91 Å². The first-order chi connectivity index (χ1) is 10.5. The summed E-state index contributed by atoms with van der Waals surface area (Å²) in [4.78, 5) is 12.5. The smallest absolute Gasteiger partial charge is 0.230 e. The number of hydrogen-bond donors (Lipinski definition) is 2. The van der Waals surface area contributed by atoms with Crippen LogP contribution in [-0.4, -0.2) is 23.3 Å². The van der Waals surface area contributed by atoms with E-state index in [1.54, 1.807) is 12.1 Å². The zero-order valence-corrected chi connectivity index (χ0v) is 12.4. The van der Waals surface area contributed by atoms with E-state index >= 15 is 0 Å². The zero-order chi connectivity index (χ0) is 15.9. The Morgan fingerprint density at radius 1 is 1.05 bits per heavy atom. The third-order valence-electron chi connectivity index (χ3n) is 2.93. The van der Waals surface area contributed by atoms with Crippen molar-refractivity contribution < 1.29 is 18.7 Å². The second kappa shape index (κ2) is 7.91. The van der Waals surface area contributed by atoms with E-state index < -0.39 is 6.10 Å². The van der Waals surface area contributed by atoms with Crippen molar-refractivity contribution in [2.45, 2.75) is 11.0 Å². The number of amides is 1. The minimum absolute atomic E-state index is 0.0500. The lowest BCUT2D eigenvalue weighted by Gasteiger charge is -2.12. The molecule has 0 aromatic heterocycles. The van der Waals surface area contributed by atoms with Crippen molar-refractivity contribution >= 4 is 17.7 Å². The number of carbonyl (C=O) groups is 1. The highest BCUT2D eigenvalue weighted by molar-refractivity contribution is 8.00. The highest BCUT2D eigenvalue weighted by Crippen LogP contribution is 2.18. The molecular formula is C16H15F2NO2S. The average Bonchev–Trinajstić information content (AvgIpc) is 2.52. The fourth-order valence-electron chi connectivity index (χ4n) is 1.74. The minimum Gasteiger partial charge on any atom is -0.387 e. The Morgan fingerprint density at radius 3 is 2.18 bits per heavy atom. The Balaban J connectivity index is 1.75. The fraction of sp³-hybridized carbons (Fsp3) is 0.188. The molecule has 0 radical (unpaired) electrons. The van der Waals surface area contributed by atoms with Gasteiger partial charge in [0.1, 0.15) is 11.6 Å². The standard InChI is InChI=1S/C16H15F2NO2S/c17-12-3-1-11(2-4-12)15(20)9-19-16(21)10-22-14-7-5-13(18)6-8-14/h1-8,15,20H,9-10H2,(H,19,21). The molecule has 1 unspecified atom stereocenters. The summed E-state index contributed by atoms with van der Waals surface area (Å²) in [6, 6.07) is 11.3. The predicted molar refractivity (Wildman–Crippen MR) is 81.5 cm³/mol. The Hall–Kier alpha value is -1.92. The molecule has 0 bridgehead atoms. The Labute approximate surface area is 131 Å². The molecule has 3 nitrogen and oxygen atoms in total. The van der Waals surface area contributed by atoms with Gasteiger partial charge in [0.15, 0.2) is 0 Å². The fourth-order valence-corrected chi connectivity index (χ4v) is 2.47. The van der Waals surface area contributed by atoms with Crippen LogP contribution in [0.4, 0.5) is 8.78 Å². The summed E-state index contributed by atoms with van der Waals surface area (Å²) in [7, 11) is 0. The molecule has 2 aromatic carbocycles. The van der Waals surface area contributed by atoms with Gasteiger partial charge in [0.25, 0.3) is 0 Å². The maximum Gasteiger partial charge on any atom is 0.230 e. The van der Waals surface area contributed by atoms with Gasteiger partial charge in [-0.3, -0.25) is 4.79 Å². The van der Waals surface area contributed by atoms with Gasteiger partial charge in [-0.15, -0.1) is 11.8 Å². The summed E-state index contributed by atoms with van der Waals surface area (Å²) in [5.74, 6) is -0.774. The van der Waals surface area contributed by atoms with E-state index in [2.05, 4.69) is 5.32 Å². The highest BCUT2D eigenvalue weighted by Gasteiger charge is 2.10. The van der Waals surface area contributed by atoms with Gasteiger partial charge in [-0.2, -0.15) is 0 Å². The van der Waals surface area contributed by atoms with Crippen LogP contribution in [0.3, 0.4) is 0 Å². The molecule has 0 fully saturated rings. The van der Waals surface area contributed by atoms with Gasteiger partial charge in [-0.05, 0) is 42.0 Å². The number of aliphatic hydroxyl groups excluding tert-OH is 1. The first-order valence-electron chi connectivity index (χ1n) is 6.63. The lowest BCUT2D eigenvalue weighted by Crippen LogP contribution is -2.29. The van der Waals surface area contributed by atoms with Gasteiger partial charge in [-0.25, -0.2) is 8.78 Å². The number of halogens is 2. The molecule has 0 aliphatic rings. The lowest BCUT2D eigenvalue weighted by molar-refractivity contribution is -0.119. The maximum atomic E-state index is 12.8. The molecular weight excluding hydrogens is 308 g/mol. The molecule has 0 saturated heterocycles. The van der Waals surface area contributed by atoms with E-state index in [9.17, 15) is 18.7 Å². The largest absolute Gasteiger partial charge is 0.387 e. The van der Waals surface area contributed by atoms with Crippen LogP contribution in [0.15, 0.2) is 53.4 Å². The molecule has 116 valence electrons. The van der Waals surface area contributed by atoms with E-state index in [1.165, 1.54) is 48.2 Å². The Kier molecular flexibility index (Phi) is 5.91. The summed E-state index contributed by atoms with van der Waals surface area (Å²) in [5, 5.41) is 12.5. The number of aliphatic hydroxyl groups is 1. The van der Waals surface area contributed by atoms with Crippen molar-refractivity contribution in [3.63, 3.8) is 0 Å². The van der Waals surface area contributed by atoms with Crippen LogP contribution in [0.25, 0.3) is 0 Å². The minimum atomic E-state index is -0.889. The quantitative estimate of drug-likeness (QED) is 0.804. The number of rotatable bonds is 6. The molecule has 2 aromatic rings. The molecule has 1 atom stereocenters.